The molecular weight excluding hydrogens is 370 g/mol. The van der Waals surface area contributed by atoms with Gasteiger partial charge in [0.15, 0.2) is 6.61 Å². The maximum absolute atomic E-state index is 12.7. The lowest BCUT2D eigenvalue weighted by molar-refractivity contribution is -0.131. The van der Waals surface area contributed by atoms with E-state index < -0.39 is 5.97 Å². The van der Waals surface area contributed by atoms with Gasteiger partial charge in [0.2, 0.25) is 0 Å². The van der Waals surface area contributed by atoms with Crippen LogP contribution in [0.15, 0.2) is 54.7 Å². The molecule has 0 aliphatic carbocycles. The third-order valence-electron chi connectivity index (χ3n) is 4.40. The molecule has 0 spiro atoms. The van der Waals surface area contributed by atoms with Crippen LogP contribution in [-0.4, -0.2) is 54.4 Å². The van der Waals surface area contributed by atoms with Crippen LogP contribution in [0.1, 0.15) is 15.9 Å². The second kappa shape index (κ2) is 8.60. The molecule has 2 aromatic carbocycles. The van der Waals surface area contributed by atoms with Crippen LogP contribution in [0.3, 0.4) is 0 Å². The van der Waals surface area contributed by atoms with Crippen molar-refractivity contribution in [3.63, 3.8) is 0 Å². The van der Waals surface area contributed by atoms with Gasteiger partial charge in [0.05, 0.1) is 12.8 Å². The van der Waals surface area contributed by atoms with Gasteiger partial charge < -0.3 is 14.4 Å². The van der Waals surface area contributed by atoms with Crippen molar-refractivity contribution >= 4 is 11.9 Å². The van der Waals surface area contributed by atoms with Gasteiger partial charge in [-0.1, -0.05) is 29.8 Å². The molecule has 0 saturated carbocycles. The Morgan fingerprint density at radius 3 is 2.48 bits per heavy atom. The predicted molar refractivity (Wildman–Crippen MR) is 109 cm³/mol. The van der Waals surface area contributed by atoms with Crippen molar-refractivity contribution in [3.05, 3.63) is 65.9 Å². The molecule has 0 atom stereocenters. The standard InChI is InChI=1S/C22H23N3O4/c1-15-8-10-17(11-9-15)25-13-19(22(27)29-14-20(26)24(2)3)21(23-25)16-6-5-7-18(12-16)28-4/h5-13H,14H2,1-4H3. The zero-order valence-corrected chi connectivity index (χ0v) is 16.9. The Hall–Kier alpha value is -3.61. The van der Waals surface area contributed by atoms with Crippen LogP contribution in [0.5, 0.6) is 5.75 Å². The number of hydrogen-bond acceptors (Lipinski definition) is 5. The summed E-state index contributed by atoms with van der Waals surface area (Å²) < 4.78 is 12.1. The minimum absolute atomic E-state index is 0.269. The summed E-state index contributed by atoms with van der Waals surface area (Å²) in [6, 6.07) is 15.0. The fraction of sp³-hybridized carbons (Fsp3) is 0.227. The molecule has 0 bridgehead atoms. The van der Waals surface area contributed by atoms with Crippen LogP contribution >= 0.6 is 0 Å². The zero-order chi connectivity index (χ0) is 21.0. The van der Waals surface area contributed by atoms with E-state index in [4.69, 9.17) is 9.47 Å². The number of carbonyl (C=O) groups excluding carboxylic acids is 2. The first-order chi connectivity index (χ1) is 13.9. The van der Waals surface area contributed by atoms with Gasteiger partial charge in [-0.15, -0.1) is 0 Å². The number of amides is 1. The number of rotatable bonds is 6. The third-order valence-corrected chi connectivity index (χ3v) is 4.40. The molecule has 0 N–H and O–H groups in total. The normalized spacial score (nSPS) is 10.5. The number of aryl methyl sites for hydroxylation is 1. The Labute approximate surface area is 169 Å². The van der Waals surface area contributed by atoms with Crippen molar-refractivity contribution in [1.29, 1.82) is 0 Å². The number of ether oxygens (including phenoxy) is 2. The molecule has 0 unspecified atom stereocenters. The maximum Gasteiger partial charge on any atom is 0.342 e. The molecule has 150 valence electrons. The average molecular weight is 393 g/mol. The highest BCUT2D eigenvalue weighted by Crippen LogP contribution is 2.27. The van der Waals surface area contributed by atoms with Gasteiger partial charge in [-0.25, -0.2) is 9.48 Å². The summed E-state index contributed by atoms with van der Waals surface area (Å²) in [4.78, 5) is 25.9. The number of carbonyl (C=O) groups is 2. The lowest BCUT2D eigenvalue weighted by atomic mass is 10.1. The van der Waals surface area contributed by atoms with Crippen molar-refractivity contribution < 1.29 is 19.1 Å². The summed E-state index contributed by atoms with van der Waals surface area (Å²) >= 11 is 0. The van der Waals surface area contributed by atoms with Crippen molar-refractivity contribution in [1.82, 2.24) is 14.7 Å². The van der Waals surface area contributed by atoms with E-state index in [9.17, 15) is 9.59 Å². The lowest BCUT2D eigenvalue weighted by Gasteiger charge is -2.10. The van der Waals surface area contributed by atoms with Crippen molar-refractivity contribution in [2.45, 2.75) is 6.92 Å². The summed E-state index contributed by atoms with van der Waals surface area (Å²) in [6.45, 7) is 1.66. The van der Waals surface area contributed by atoms with Crippen LogP contribution in [0.2, 0.25) is 0 Å². The number of nitrogens with zero attached hydrogens (tertiary/aromatic N) is 3. The average Bonchev–Trinajstić information content (AvgIpc) is 3.17. The third kappa shape index (κ3) is 4.63. The summed E-state index contributed by atoms with van der Waals surface area (Å²) in [6.07, 6.45) is 1.61. The quantitative estimate of drug-likeness (QED) is 0.602. The van der Waals surface area contributed by atoms with Gasteiger partial charge in [0.25, 0.3) is 5.91 Å². The van der Waals surface area contributed by atoms with Crippen molar-refractivity contribution in [2.75, 3.05) is 27.8 Å². The van der Waals surface area contributed by atoms with Gasteiger partial charge in [0, 0.05) is 25.9 Å². The van der Waals surface area contributed by atoms with Gasteiger partial charge in [-0.2, -0.15) is 5.10 Å². The number of benzene rings is 2. The van der Waals surface area contributed by atoms with E-state index in [2.05, 4.69) is 5.10 Å². The Balaban J connectivity index is 2.01. The lowest BCUT2D eigenvalue weighted by Crippen LogP contribution is -2.27. The summed E-state index contributed by atoms with van der Waals surface area (Å²) in [7, 11) is 4.78. The molecule has 7 nitrogen and oxygen atoms in total. The Bertz CT molecular complexity index is 1020. The molecule has 3 rings (SSSR count). The molecule has 1 heterocycles. The monoisotopic (exact) mass is 393 g/mol. The molecule has 1 amide bonds. The van der Waals surface area contributed by atoms with E-state index in [1.807, 2.05) is 49.4 Å². The maximum atomic E-state index is 12.7. The molecule has 7 heteroatoms. The van der Waals surface area contributed by atoms with E-state index in [1.54, 1.807) is 38.2 Å². The van der Waals surface area contributed by atoms with E-state index in [-0.39, 0.29) is 18.1 Å². The van der Waals surface area contributed by atoms with E-state index in [1.165, 1.54) is 4.90 Å². The number of aromatic nitrogens is 2. The molecule has 0 saturated heterocycles. The second-order valence-corrected chi connectivity index (χ2v) is 6.77. The minimum Gasteiger partial charge on any atom is -0.497 e. The Morgan fingerprint density at radius 2 is 1.83 bits per heavy atom. The molecular formula is C22H23N3O4. The predicted octanol–water partition coefficient (Wildman–Crippen LogP) is 3.10. The molecule has 0 aliphatic rings. The van der Waals surface area contributed by atoms with Gasteiger partial charge in [0.1, 0.15) is 17.0 Å². The number of methoxy groups -OCH3 is 1. The fourth-order valence-corrected chi connectivity index (χ4v) is 2.67. The Morgan fingerprint density at radius 1 is 1.10 bits per heavy atom. The van der Waals surface area contributed by atoms with Crippen molar-refractivity contribution in [3.8, 4) is 22.7 Å². The topological polar surface area (TPSA) is 73.7 Å². The molecule has 1 aromatic heterocycles. The first-order valence-electron chi connectivity index (χ1n) is 9.07. The van der Waals surface area contributed by atoms with Gasteiger partial charge >= 0.3 is 5.97 Å². The van der Waals surface area contributed by atoms with Crippen LogP contribution < -0.4 is 4.74 Å². The van der Waals surface area contributed by atoms with Crippen LogP contribution in [0.4, 0.5) is 0 Å². The van der Waals surface area contributed by atoms with Crippen LogP contribution in [0.25, 0.3) is 16.9 Å². The number of esters is 1. The first kappa shape index (κ1) is 20.1. The van der Waals surface area contributed by atoms with E-state index in [0.29, 0.717) is 17.0 Å². The Kier molecular flexibility index (Phi) is 5.97. The molecule has 0 aliphatic heterocycles. The molecule has 0 radical (unpaired) electrons. The number of hydrogen-bond donors (Lipinski definition) is 0. The second-order valence-electron chi connectivity index (χ2n) is 6.77. The van der Waals surface area contributed by atoms with Gasteiger partial charge in [-0.05, 0) is 31.2 Å². The van der Waals surface area contributed by atoms with Crippen LogP contribution in [-0.2, 0) is 9.53 Å². The molecule has 29 heavy (non-hydrogen) atoms. The molecule has 0 fully saturated rings. The smallest absolute Gasteiger partial charge is 0.342 e. The van der Waals surface area contributed by atoms with Gasteiger partial charge in [-0.3, -0.25) is 4.79 Å². The van der Waals surface area contributed by atoms with E-state index in [0.717, 1.165) is 11.3 Å². The highest BCUT2D eigenvalue weighted by atomic mass is 16.5. The highest BCUT2D eigenvalue weighted by Gasteiger charge is 2.21. The van der Waals surface area contributed by atoms with Crippen LogP contribution in [0, 0.1) is 6.92 Å². The minimum atomic E-state index is -0.614. The SMILES string of the molecule is COc1cccc(-c2nn(-c3ccc(C)cc3)cc2C(=O)OCC(=O)N(C)C)c1. The summed E-state index contributed by atoms with van der Waals surface area (Å²) in [5.74, 6) is -0.266. The largest absolute Gasteiger partial charge is 0.497 e. The summed E-state index contributed by atoms with van der Waals surface area (Å²) in [5, 5.41) is 4.60. The van der Waals surface area contributed by atoms with Crippen molar-refractivity contribution in [2.24, 2.45) is 0 Å². The summed E-state index contributed by atoms with van der Waals surface area (Å²) in [5.41, 5.74) is 3.36. The van der Waals surface area contributed by atoms with E-state index >= 15 is 0 Å². The highest BCUT2D eigenvalue weighted by molar-refractivity contribution is 5.97. The number of likely N-dealkylation sites (N-methyl/N-ethyl adjacent to an activating group) is 1. The molecule has 3 aromatic rings. The fourth-order valence-electron chi connectivity index (χ4n) is 2.67. The zero-order valence-electron chi connectivity index (χ0n) is 16.9. The first-order valence-corrected chi connectivity index (χ1v) is 9.07.